The van der Waals surface area contributed by atoms with Gasteiger partial charge in [-0.15, -0.1) is 7.05 Å². The van der Waals surface area contributed by atoms with Crippen molar-refractivity contribution in [2.24, 2.45) is 0 Å². The Hall–Kier alpha value is -3.19. The average molecular weight is 338 g/mol. The van der Waals surface area contributed by atoms with Crippen molar-refractivity contribution in [3.05, 3.63) is 78.8 Å². The molecule has 0 saturated heterocycles. The third-order valence-corrected chi connectivity index (χ3v) is 3.97. The van der Waals surface area contributed by atoms with E-state index in [1.165, 1.54) is 11.5 Å². The number of amides is 2. The zero-order valence-electron chi connectivity index (χ0n) is 14.0. The monoisotopic (exact) mass is 338 g/mol. The Morgan fingerprint density at radius 1 is 1.24 bits per heavy atom. The van der Waals surface area contributed by atoms with Gasteiger partial charge in [0.2, 0.25) is 0 Å². The number of hydrogen-bond acceptors (Lipinski definition) is 5. The van der Waals surface area contributed by atoms with Gasteiger partial charge < -0.3 is 15.0 Å². The molecule has 25 heavy (non-hydrogen) atoms. The van der Waals surface area contributed by atoms with Crippen LogP contribution in [-0.4, -0.2) is 28.7 Å². The molecule has 0 aromatic carbocycles. The number of carbonyl (C=O) groups is 2. The number of imide groups is 1. The highest BCUT2D eigenvalue weighted by Gasteiger charge is 2.38. The molecule has 0 bridgehead atoms. The van der Waals surface area contributed by atoms with Gasteiger partial charge in [0.15, 0.2) is 11.6 Å². The van der Waals surface area contributed by atoms with E-state index in [1.54, 1.807) is 54.6 Å². The van der Waals surface area contributed by atoms with E-state index >= 15 is 0 Å². The van der Waals surface area contributed by atoms with E-state index in [0.29, 0.717) is 22.7 Å². The number of anilines is 1. The molecule has 0 spiro atoms. The fraction of sp³-hybridized carbons (Fsp3) is 0.111. The molecule has 0 fully saturated rings. The van der Waals surface area contributed by atoms with Crippen molar-refractivity contribution in [2.45, 2.75) is 6.92 Å². The minimum atomic E-state index is -0.433. The van der Waals surface area contributed by atoms with Crippen molar-refractivity contribution < 1.29 is 19.6 Å². The van der Waals surface area contributed by atoms with Gasteiger partial charge in [-0.1, -0.05) is 6.07 Å². The van der Waals surface area contributed by atoms with E-state index in [1.807, 2.05) is 7.05 Å². The lowest BCUT2D eigenvalue weighted by Gasteiger charge is -2.27. The highest BCUT2D eigenvalue weighted by molar-refractivity contribution is 6.29. The van der Waals surface area contributed by atoms with E-state index in [4.69, 9.17) is 4.74 Å². The van der Waals surface area contributed by atoms with Crippen molar-refractivity contribution in [1.82, 2.24) is 9.88 Å². The van der Waals surface area contributed by atoms with Crippen molar-refractivity contribution in [3.63, 3.8) is 0 Å². The minimum Gasteiger partial charge on any atom is -0.447 e. The van der Waals surface area contributed by atoms with Crippen LogP contribution in [0.2, 0.25) is 0 Å². The number of rotatable bonds is 3. The maximum atomic E-state index is 12.9. The Labute approximate surface area is 145 Å². The van der Waals surface area contributed by atoms with Gasteiger partial charge in [-0.05, 0) is 31.2 Å². The van der Waals surface area contributed by atoms with Crippen molar-refractivity contribution in [3.8, 4) is 0 Å². The summed E-state index contributed by atoms with van der Waals surface area (Å²) in [5.74, 6) is -0.0116. The first-order chi connectivity index (χ1) is 12.0. The van der Waals surface area contributed by atoms with Crippen LogP contribution in [0.3, 0.4) is 0 Å². The van der Waals surface area contributed by atoms with Crippen LogP contribution in [0.1, 0.15) is 6.92 Å². The number of pyridine rings is 1. The van der Waals surface area contributed by atoms with Crippen LogP contribution < -0.4 is 10.2 Å². The summed E-state index contributed by atoms with van der Waals surface area (Å²) in [6.07, 6.45) is 8.17. The number of allylic oxidation sites excluding steroid dienone is 2. The Balaban J connectivity index is 2.06. The largest absolute Gasteiger partial charge is 0.447 e. The highest BCUT2D eigenvalue weighted by Crippen LogP contribution is 2.26. The lowest BCUT2D eigenvalue weighted by atomic mass is 9.98. The van der Waals surface area contributed by atoms with Crippen LogP contribution in [-0.2, 0) is 14.3 Å². The minimum absolute atomic E-state index is 0.277. The van der Waals surface area contributed by atoms with Crippen molar-refractivity contribution >= 4 is 17.6 Å². The number of nitrogens with two attached hydrogens (primary N) is 1. The predicted molar refractivity (Wildman–Crippen MR) is 90.9 cm³/mol. The maximum absolute atomic E-state index is 12.9. The Morgan fingerprint density at radius 2 is 2.04 bits per heavy atom. The molecule has 3 heterocycles. The molecule has 0 atom stereocenters. The van der Waals surface area contributed by atoms with E-state index in [9.17, 15) is 9.59 Å². The molecule has 0 saturated carbocycles. The fourth-order valence-electron chi connectivity index (χ4n) is 2.59. The molecule has 1 aromatic rings. The Morgan fingerprint density at radius 3 is 2.64 bits per heavy atom. The molecule has 128 valence electrons. The second-order valence-corrected chi connectivity index (χ2v) is 5.48. The van der Waals surface area contributed by atoms with Gasteiger partial charge in [0.1, 0.15) is 12.1 Å². The summed E-state index contributed by atoms with van der Waals surface area (Å²) in [6, 6.07) is 5.06. The summed E-state index contributed by atoms with van der Waals surface area (Å²) in [7, 11) is 5.53. The van der Waals surface area contributed by atoms with Crippen LogP contribution in [0.5, 0.6) is 0 Å². The van der Waals surface area contributed by atoms with Crippen LogP contribution in [0.25, 0.3) is 0 Å². The lowest BCUT2D eigenvalue weighted by Crippen LogP contribution is -2.79. The van der Waals surface area contributed by atoms with Crippen LogP contribution in [0.15, 0.2) is 71.7 Å². The van der Waals surface area contributed by atoms with Crippen molar-refractivity contribution in [1.29, 1.82) is 0 Å². The lowest BCUT2D eigenvalue weighted by molar-refractivity contribution is -0.537. The zero-order valence-corrected chi connectivity index (χ0v) is 14.0. The summed E-state index contributed by atoms with van der Waals surface area (Å²) in [5.41, 5.74) is 1.33. The summed E-state index contributed by atoms with van der Waals surface area (Å²) in [5, 5.41) is 1.46. The van der Waals surface area contributed by atoms with Gasteiger partial charge >= 0.3 is 5.91 Å². The molecule has 2 aliphatic heterocycles. The van der Waals surface area contributed by atoms with Crippen LogP contribution in [0, 0.1) is 7.05 Å². The average Bonchev–Trinajstić information content (AvgIpc) is 3.01. The number of carbonyl (C=O) groups excluding carboxylic acids is 2. The molecule has 7 heteroatoms. The third-order valence-electron chi connectivity index (χ3n) is 3.97. The first kappa shape index (κ1) is 16.7. The van der Waals surface area contributed by atoms with Gasteiger partial charge in [0, 0.05) is 30.6 Å². The summed E-state index contributed by atoms with van der Waals surface area (Å²) >= 11 is 0. The van der Waals surface area contributed by atoms with Gasteiger partial charge in [-0.3, -0.25) is 9.59 Å². The fourth-order valence-corrected chi connectivity index (χ4v) is 2.59. The first-order valence-electron chi connectivity index (χ1n) is 7.66. The predicted octanol–water partition coefficient (Wildman–Crippen LogP) is 0.785. The topological polar surface area (TPSA) is 79.3 Å². The molecule has 0 aliphatic carbocycles. The van der Waals surface area contributed by atoms with Gasteiger partial charge in [-0.2, -0.15) is 0 Å². The summed E-state index contributed by atoms with van der Waals surface area (Å²) in [4.78, 5) is 32.6. The maximum Gasteiger partial charge on any atom is 0.318 e. The number of ether oxygens (including phenoxy) is 1. The van der Waals surface area contributed by atoms with Gasteiger partial charge in [-0.25, -0.2) is 9.88 Å². The summed E-state index contributed by atoms with van der Waals surface area (Å²) < 4.78 is 5.33. The molecule has 7 nitrogen and oxygen atoms in total. The van der Waals surface area contributed by atoms with E-state index < -0.39 is 11.8 Å². The van der Waals surface area contributed by atoms with E-state index in [-0.39, 0.29) is 5.82 Å². The number of hydrogen-bond donors (Lipinski definition) is 1. The smallest absolute Gasteiger partial charge is 0.318 e. The third kappa shape index (κ3) is 2.97. The Kier molecular flexibility index (Phi) is 4.49. The molecule has 0 unspecified atom stereocenters. The number of quaternary nitrogens is 1. The molecule has 1 aromatic heterocycles. The van der Waals surface area contributed by atoms with Gasteiger partial charge in [0.25, 0.3) is 5.91 Å². The number of nitrogens with zero attached hydrogens (tertiary/aromatic N) is 3. The SMILES string of the molecule is [CH2-][NH2+]C1=C(C)C(=CC=C2OC=CN2C)C(=O)N(c2ccccn2)C1=O. The second kappa shape index (κ2) is 6.74. The van der Waals surface area contributed by atoms with Crippen molar-refractivity contribution in [2.75, 3.05) is 11.9 Å². The second-order valence-electron chi connectivity index (χ2n) is 5.48. The standard InChI is InChI=1S/C18H18N4O3/c1-12-13(7-8-15-21(3)10-11-25-15)17(23)22(18(24)16(12)19-2)14-6-4-5-9-20-14/h4-11H,2,19H2,1,3H3. The molecule has 2 aliphatic rings. The zero-order chi connectivity index (χ0) is 18.0. The van der Waals surface area contributed by atoms with E-state index in [2.05, 4.69) is 12.0 Å². The summed E-state index contributed by atoms with van der Waals surface area (Å²) in [6.45, 7) is 1.73. The highest BCUT2D eigenvalue weighted by atomic mass is 16.5. The molecular formula is C18H18N4O3. The van der Waals surface area contributed by atoms with Crippen LogP contribution in [0.4, 0.5) is 5.82 Å². The van der Waals surface area contributed by atoms with Gasteiger partial charge in [0.05, 0.1) is 0 Å². The quantitative estimate of drug-likeness (QED) is 0.501. The van der Waals surface area contributed by atoms with Crippen LogP contribution >= 0.6 is 0 Å². The Bertz CT molecular complexity index is 837. The molecule has 2 N–H and O–H groups in total. The van der Waals surface area contributed by atoms with E-state index in [0.717, 1.165) is 4.90 Å². The first-order valence-corrected chi connectivity index (χ1v) is 7.66. The molecular weight excluding hydrogens is 320 g/mol. The molecule has 0 radical (unpaired) electrons. The normalized spacial score (nSPS) is 20.9. The molecule has 3 rings (SSSR count). The molecule has 2 amide bonds. The number of aromatic nitrogens is 1.